The number of amides is 1. The second kappa shape index (κ2) is 7.42. The molecule has 146 valence electrons. The minimum atomic E-state index is -0.660. The molecule has 0 aromatic heterocycles. The van der Waals surface area contributed by atoms with Gasteiger partial charge in [-0.05, 0) is 73.8 Å². The lowest BCUT2D eigenvalue weighted by molar-refractivity contribution is -0.148. The van der Waals surface area contributed by atoms with Gasteiger partial charge in [-0.3, -0.25) is 9.59 Å². The first kappa shape index (κ1) is 18.7. The third-order valence-corrected chi connectivity index (χ3v) is 6.93. The van der Waals surface area contributed by atoms with Crippen molar-refractivity contribution in [2.75, 3.05) is 13.2 Å². The number of carbonyl (C=O) groups excluding carboxylic acids is 2. The van der Waals surface area contributed by atoms with Crippen LogP contribution in [0.1, 0.15) is 44.1 Å². The van der Waals surface area contributed by atoms with E-state index in [4.69, 9.17) is 16.3 Å². The zero-order valence-electron chi connectivity index (χ0n) is 15.3. The molecule has 0 saturated heterocycles. The first-order valence-corrected chi connectivity index (χ1v) is 10.2. The van der Waals surface area contributed by atoms with Gasteiger partial charge in [0.05, 0.1) is 6.42 Å². The maximum absolute atomic E-state index is 13.7. The van der Waals surface area contributed by atoms with Gasteiger partial charge in [-0.1, -0.05) is 17.7 Å². The van der Waals surface area contributed by atoms with E-state index in [1.807, 2.05) is 0 Å². The molecule has 4 fully saturated rings. The highest BCUT2D eigenvalue weighted by molar-refractivity contribution is 6.31. The van der Waals surface area contributed by atoms with Gasteiger partial charge >= 0.3 is 5.97 Å². The molecule has 1 N–H and O–H groups in total. The molecule has 1 aromatic rings. The van der Waals surface area contributed by atoms with Crippen molar-refractivity contribution in [3.63, 3.8) is 0 Å². The van der Waals surface area contributed by atoms with Gasteiger partial charge in [0, 0.05) is 17.1 Å². The lowest BCUT2D eigenvalue weighted by atomic mass is 9.49. The van der Waals surface area contributed by atoms with Crippen molar-refractivity contribution in [1.82, 2.24) is 5.32 Å². The van der Waals surface area contributed by atoms with Crippen molar-refractivity contribution >= 4 is 23.5 Å². The SMILES string of the molecule is O=C(COC(=O)Cc1c(F)cccc1Cl)NCC12CC3CC(CC(C3)C1)C2. The lowest BCUT2D eigenvalue weighted by Gasteiger charge is -2.56. The number of rotatable bonds is 6. The van der Waals surface area contributed by atoms with Crippen LogP contribution in [0.2, 0.25) is 5.02 Å². The van der Waals surface area contributed by atoms with Crippen molar-refractivity contribution in [3.8, 4) is 0 Å². The maximum Gasteiger partial charge on any atom is 0.310 e. The van der Waals surface area contributed by atoms with Crippen molar-refractivity contribution in [2.24, 2.45) is 23.2 Å². The smallest absolute Gasteiger partial charge is 0.310 e. The molecule has 4 nitrogen and oxygen atoms in total. The zero-order valence-corrected chi connectivity index (χ0v) is 16.1. The topological polar surface area (TPSA) is 55.4 Å². The number of hydrogen-bond acceptors (Lipinski definition) is 3. The maximum atomic E-state index is 13.7. The van der Waals surface area contributed by atoms with E-state index in [1.165, 1.54) is 56.7 Å². The van der Waals surface area contributed by atoms with Crippen LogP contribution < -0.4 is 5.32 Å². The Morgan fingerprint density at radius 2 is 1.78 bits per heavy atom. The van der Waals surface area contributed by atoms with E-state index in [1.54, 1.807) is 0 Å². The number of halogens is 2. The molecule has 4 saturated carbocycles. The average molecular weight is 394 g/mol. The summed E-state index contributed by atoms with van der Waals surface area (Å²) in [5.74, 6) is 0.987. The fourth-order valence-corrected chi connectivity index (χ4v) is 6.12. The van der Waals surface area contributed by atoms with E-state index in [0.29, 0.717) is 6.54 Å². The summed E-state index contributed by atoms with van der Waals surface area (Å²) in [5.41, 5.74) is 0.341. The molecule has 4 aliphatic rings. The Morgan fingerprint density at radius 3 is 2.37 bits per heavy atom. The van der Waals surface area contributed by atoms with Gasteiger partial charge in [0.2, 0.25) is 0 Å². The molecule has 4 aliphatic carbocycles. The van der Waals surface area contributed by atoms with Crippen LogP contribution in [-0.2, 0) is 20.7 Å². The Bertz CT molecular complexity index is 695. The highest BCUT2D eigenvalue weighted by atomic mass is 35.5. The fraction of sp³-hybridized carbons (Fsp3) is 0.619. The van der Waals surface area contributed by atoms with Gasteiger partial charge in [-0.15, -0.1) is 0 Å². The van der Waals surface area contributed by atoms with Crippen LogP contribution in [0.4, 0.5) is 4.39 Å². The molecule has 5 rings (SSSR count). The Labute approximate surface area is 163 Å². The summed E-state index contributed by atoms with van der Waals surface area (Å²) in [4.78, 5) is 24.1. The van der Waals surface area contributed by atoms with Gasteiger partial charge in [0.15, 0.2) is 6.61 Å². The second-order valence-electron chi connectivity index (χ2n) is 8.73. The number of esters is 1. The Balaban J connectivity index is 1.24. The normalized spacial score (nSPS) is 31.0. The zero-order chi connectivity index (χ0) is 19.0. The van der Waals surface area contributed by atoms with Crippen LogP contribution in [0.25, 0.3) is 0 Å². The first-order valence-electron chi connectivity index (χ1n) is 9.78. The molecule has 4 bridgehead atoms. The minimum Gasteiger partial charge on any atom is -0.455 e. The number of benzene rings is 1. The van der Waals surface area contributed by atoms with Gasteiger partial charge in [-0.25, -0.2) is 4.39 Å². The van der Waals surface area contributed by atoms with Crippen LogP contribution in [0.5, 0.6) is 0 Å². The van der Waals surface area contributed by atoms with E-state index in [2.05, 4.69) is 5.32 Å². The van der Waals surface area contributed by atoms with Gasteiger partial charge in [-0.2, -0.15) is 0 Å². The molecule has 6 heteroatoms. The van der Waals surface area contributed by atoms with E-state index in [9.17, 15) is 14.0 Å². The summed E-state index contributed by atoms with van der Waals surface area (Å²) in [6, 6.07) is 4.24. The van der Waals surface area contributed by atoms with E-state index < -0.39 is 11.8 Å². The number of hydrogen-bond donors (Lipinski definition) is 1. The number of ether oxygens (including phenoxy) is 1. The summed E-state index contributed by atoms with van der Waals surface area (Å²) in [6.07, 6.45) is 7.45. The molecule has 0 heterocycles. The van der Waals surface area contributed by atoms with E-state index in [0.717, 1.165) is 17.8 Å². The predicted molar refractivity (Wildman–Crippen MR) is 99.7 cm³/mol. The van der Waals surface area contributed by atoms with Gasteiger partial charge < -0.3 is 10.1 Å². The summed E-state index contributed by atoms with van der Waals surface area (Å²) < 4.78 is 18.7. The largest absolute Gasteiger partial charge is 0.455 e. The quantitative estimate of drug-likeness (QED) is 0.746. The van der Waals surface area contributed by atoms with Crippen molar-refractivity contribution in [3.05, 3.63) is 34.6 Å². The molecule has 0 unspecified atom stereocenters. The average Bonchev–Trinajstić information content (AvgIpc) is 2.60. The highest BCUT2D eigenvalue weighted by Crippen LogP contribution is 2.59. The summed E-state index contributed by atoms with van der Waals surface area (Å²) in [7, 11) is 0. The van der Waals surface area contributed by atoms with Crippen molar-refractivity contribution in [2.45, 2.75) is 44.9 Å². The monoisotopic (exact) mass is 393 g/mol. The first-order chi connectivity index (χ1) is 12.9. The van der Waals surface area contributed by atoms with Crippen LogP contribution >= 0.6 is 11.6 Å². The minimum absolute atomic E-state index is 0.0955. The predicted octanol–water partition coefficient (Wildman–Crippen LogP) is 3.90. The third kappa shape index (κ3) is 4.13. The molecule has 1 aromatic carbocycles. The summed E-state index contributed by atoms with van der Waals surface area (Å²) in [6.45, 7) is 0.337. The van der Waals surface area contributed by atoms with Crippen LogP contribution in [0.15, 0.2) is 18.2 Å². The third-order valence-electron chi connectivity index (χ3n) is 6.57. The number of carbonyl (C=O) groups is 2. The second-order valence-corrected chi connectivity index (χ2v) is 9.14. The van der Waals surface area contributed by atoms with Crippen LogP contribution in [-0.4, -0.2) is 25.0 Å². The molecule has 0 radical (unpaired) electrons. The molecule has 1 amide bonds. The molecular weight excluding hydrogens is 369 g/mol. The fourth-order valence-electron chi connectivity index (χ4n) is 5.89. The number of nitrogens with one attached hydrogen (secondary N) is 1. The Hall–Kier alpha value is -1.62. The van der Waals surface area contributed by atoms with Crippen molar-refractivity contribution < 1.29 is 18.7 Å². The van der Waals surface area contributed by atoms with Gasteiger partial charge in [0.25, 0.3) is 5.91 Å². The molecule has 0 aliphatic heterocycles. The molecule has 27 heavy (non-hydrogen) atoms. The van der Waals surface area contributed by atoms with Gasteiger partial charge in [0.1, 0.15) is 5.82 Å². The Kier molecular flexibility index (Phi) is 5.15. The lowest BCUT2D eigenvalue weighted by Crippen LogP contribution is -2.51. The van der Waals surface area contributed by atoms with Crippen LogP contribution in [0, 0.1) is 29.0 Å². The van der Waals surface area contributed by atoms with E-state index >= 15 is 0 Å². The van der Waals surface area contributed by atoms with E-state index in [-0.39, 0.29) is 34.9 Å². The molecule has 0 spiro atoms. The van der Waals surface area contributed by atoms with Crippen LogP contribution in [0.3, 0.4) is 0 Å². The summed E-state index contributed by atoms with van der Waals surface area (Å²) in [5, 5.41) is 3.14. The molecular formula is C21H25ClFNO3. The standard InChI is InChI=1S/C21H25ClFNO3/c22-17-2-1-3-18(23)16(17)7-20(26)27-11-19(25)24-12-21-8-13-4-14(9-21)6-15(5-13)10-21/h1-3,13-15H,4-12H2,(H,24,25). The highest BCUT2D eigenvalue weighted by Gasteiger charge is 2.50. The Morgan fingerprint density at radius 1 is 1.15 bits per heavy atom. The van der Waals surface area contributed by atoms with Crippen molar-refractivity contribution in [1.29, 1.82) is 0 Å². The molecule has 0 atom stereocenters. The summed E-state index contributed by atoms with van der Waals surface area (Å²) >= 11 is 5.91.